The van der Waals surface area contributed by atoms with Crippen molar-refractivity contribution in [1.82, 2.24) is 20.3 Å². The molecule has 1 aliphatic rings. The van der Waals surface area contributed by atoms with Crippen LogP contribution in [0.5, 0.6) is 0 Å². The van der Waals surface area contributed by atoms with Crippen LogP contribution in [0.2, 0.25) is 0 Å². The average Bonchev–Trinajstić information content (AvgIpc) is 3.45. The van der Waals surface area contributed by atoms with Gasteiger partial charge in [-0.25, -0.2) is 14.4 Å². The van der Waals surface area contributed by atoms with Crippen molar-refractivity contribution in [3.63, 3.8) is 0 Å². The quantitative estimate of drug-likeness (QED) is 0.265. The monoisotopic (exact) mass is 593 g/mol. The number of H-pyrrole nitrogens is 1. The lowest BCUT2D eigenvalue weighted by atomic mass is 10.00. The molecule has 4 aromatic rings. The van der Waals surface area contributed by atoms with E-state index in [4.69, 9.17) is 4.74 Å². The second kappa shape index (κ2) is 11.4. The average molecular weight is 594 g/mol. The van der Waals surface area contributed by atoms with Crippen LogP contribution in [-0.2, 0) is 23.6 Å². The highest BCUT2D eigenvalue weighted by Gasteiger charge is 2.32. The molecule has 0 aliphatic carbocycles. The zero-order valence-electron chi connectivity index (χ0n) is 21.6. The Labute approximate surface area is 234 Å². The lowest BCUT2D eigenvalue weighted by Crippen LogP contribution is -2.37. The topological polar surface area (TPSA) is 83.1 Å². The molecule has 0 spiro atoms. The minimum atomic E-state index is -4.80. The lowest BCUT2D eigenvalue weighted by molar-refractivity contribution is -0.138. The van der Waals surface area contributed by atoms with Gasteiger partial charge < -0.3 is 19.9 Å². The van der Waals surface area contributed by atoms with E-state index in [1.807, 2.05) is 4.90 Å². The van der Waals surface area contributed by atoms with Gasteiger partial charge in [0.1, 0.15) is 11.5 Å². The van der Waals surface area contributed by atoms with E-state index in [1.165, 1.54) is 30.6 Å². The SMILES string of the molecule is O=C(NCc1cccc(C(F)(F)F)c1)c1cc(-c2nc(N3CCOCC3)ncc2-c2cc(F)cc(C(F)(F)F)c2)c[nH]1. The Morgan fingerprint density at radius 3 is 2.40 bits per heavy atom. The fraction of sp³-hybridized carbons (Fsp3) is 0.250. The van der Waals surface area contributed by atoms with Gasteiger partial charge in [-0.3, -0.25) is 4.79 Å². The molecule has 14 heteroatoms. The molecule has 1 aliphatic heterocycles. The number of hydrogen-bond donors (Lipinski definition) is 2. The molecule has 2 aromatic heterocycles. The second-order valence-corrected chi connectivity index (χ2v) is 9.44. The predicted octanol–water partition coefficient (Wildman–Crippen LogP) is 6.08. The third kappa shape index (κ3) is 6.54. The number of amides is 1. The molecule has 2 N–H and O–H groups in total. The number of aromatic nitrogens is 3. The number of carbonyl (C=O) groups excluding carboxylic acids is 1. The van der Waals surface area contributed by atoms with Gasteiger partial charge in [-0.1, -0.05) is 12.1 Å². The summed E-state index contributed by atoms with van der Waals surface area (Å²) in [4.78, 5) is 26.3. The predicted molar refractivity (Wildman–Crippen MR) is 138 cm³/mol. The number of rotatable bonds is 6. The number of ether oxygens (including phenoxy) is 1. The van der Waals surface area contributed by atoms with E-state index in [-0.39, 0.29) is 40.6 Å². The highest BCUT2D eigenvalue weighted by Crippen LogP contribution is 2.37. The van der Waals surface area contributed by atoms with Crippen molar-refractivity contribution < 1.29 is 40.3 Å². The van der Waals surface area contributed by atoms with Gasteiger partial charge in [0.15, 0.2) is 0 Å². The summed E-state index contributed by atoms with van der Waals surface area (Å²) in [5.41, 5.74) is -1.40. The summed E-state index contributed by atoms with van der Waals surface area (Å²) in [5.74, 6) is -1.49. The number of halogens is 7. The molecule has 1 amide bonds. The van der Waals surface area contributed by atoms with Crippen LogP contribution in [0, 0.1) is 5.82 Å². The minimum absolute atomic E-state index is 0.0182. The Hall–Kier alpha value is -4.46. The number of alkyl halides is 6. The summed E-state index contributed by atoms with van der Waals surface area (Å²) in [6, 6.07) is 8.00. The number of nitrogens with zero attached hydrogens (tertiary/aromatic N) is 3. The van der Waals surface area contributed by atoms with Gasteiger partial charge in [-0.2, -0.15) is 26.3 Å². The first-order valence-corrected chi connectivity index (χ1v) is 12.6. The summed E-state index contributed by atoms with van der Waals surface area (Å²) in [6.45, 7) is 1.57. The molecule has 220 valence electrons. The van der Waals surface area contributed by atoms with Crippen molar-refractivity contribution in [3.8, 4) is 22.4 Å². The van der Waals surface area contributed by atoms with Crippen molar-refractivity contribution >= 4 is 11.9 Å². The molecule has 1 saturated heterocycles. The van der Waals surface area contributed by atoms with Gasteiger partial charge in [-0.05, 0) is 47.5 Å². The van der Waals surface area contributed by atoms with Gasteiger partial charge in [0.25, 0.3) is 5.91 Å². The number of benzene rings is 2. The number of aromatic amines is 1. The molecule has 7 nitrogen and oxygen atoms in total. The molecular weight excluding hydrogens is 571 g/mol. The standard InChI is InChI=1S/C28H22F7N5O2/c29-21-10-17(9-20(12-21)28(33,34)35)22-15-38-26(40-4-6-42-7-5-40)39-24(22)18-11-23(36-14-18)25(41)37-13-16-2-1-3-19(8-16)27(30,31)32/h1-3,8-12,14-15,36H,4-7,13H2,(H,37,41). The first kappa shape index (κ1) is 29.0. The second-order valence-electron chi connectivity index (χ2n) is 9.44. The van der Waals surface area contributed by atoms with Crippen molar-refractivity contribution in [2.24, 2.45) is 0 Å². The third-order valence-electron chi connectivity index (χ3n) is 6.51. The Morgan fingerprint density at radius 2 is 1.69 bits per heavy atom. The van der Waals surface area contributed by atoms with Gasteiger partial charge in [0.05, 0.1) is 30.0 Å². The Morgan fingerprint density at radius 1 is 0.952 bits per heavy atom. The fourth-order valence-electron chi connectivity index (χ4n) is 4.43. The van der Waals surface area contributed by atoms with E-state index in [1.54, 1.807) is 0 Å². The van der Waals surface area contributed by atoms with E-state index in [9.17, 15) is 35.5 Å². The van der Waals surface area contributed by atoms with Crippen molar-refractivity contribution in [1.29, 1.82) is 0 Å². The highest BCUT2D eigenvalue weighted by molar-refractivity contribution is 5.94. The summed E-state index contributed by atoms with van der Waals surface area (Å²) in [5, 5.41) is 2.53. The molecule has 0 atom stereocenters. The van der Waals surface area contributed by atoms with Crippen LogP contribution < -0.4 is 10.2 Å². The van der Waals surface area contributed by atoms with E-state index in [0.717, 1.165) is 24.3 Å². The summed E-state index contributed by atoms with van der Waals surface area (Å²) >= 11 is 0. The van der Waals surface area contributed by atoms with Gasteiger partial charge >= 0.3 is 12.4 Å². The zero-order valence-corrected chi connectivity index (χ0v) is 21.6. The van der Waals surface area contributed by atoms with Crippen LogP contribution >= 0.6 is 0 Å². The number of carbonyl (C=O) groups is 1. The molecule has 0 radical (unpaired) electrons. The normalized spacial score (nSPS) is 14.2. The van der Waals surface area contributed by atoms with Crippen LogP contribution in [0.3, 0.4) is 0 Å². The van der Waals surface area contributed by atoms with Crippen molar-refractivity contribution in [3.05, 3.63) is 89.1 Å². The number of morpholine rings is 1. The van der Waals surface area contributed by atoms with E-state index >= 15 is 0 Å². The molecule has 5 rings (SSSR count). The van der Waals surface area contributed by atoms with Crippen molar-refractivity contribution in [2.75, 3.05) is 31.2 Å². The Bertz CT molecular complexity index is 1590. The van der Waals surface area contributed by atoms with Gasteiger partial charge in [0, 0.05) is 43.2 Å². The molecule has 0 saturated carbocycles. The van der Waals surface area contributed by atoms with Crippen LogP contribution in [0.4, 0.5) is 36.7 Å². The fourth-order valence-corrected chi connectivity index (χ4v) is 4.43. The third-order valence-corrected chi connectivity index (χ3v) is 6.51. The van der Waals surface area contributed by atoms with Crippen LogP contribution in [-0.4, -0.2) is 47.2 Å². The maximum atomic E-state index is 14.3. The molecule has 3 heterocycles. The highest BCUT2D eigenvalue weighted by atomic mass is 19.4. The van der Waals surface area contributed by atoms with Crippen LogP contribution in [0.25, 0.3) is 22.4 Å². The number of hydrogen-bond acceptors (Lipinski definition) is 5. The number of anilines is 1. The smallest absolute Gasteiger partial charge is 0.378 e. The van der Waals surface area contributed by atoms with Crippen molar-refractivity contribution in [2.45, 2.75) is 18.9 Å². The maximum Gasteiger partial charge on any atom is 0.416 e. The van der Waals surface area contributed by atoms with Gasteiger partial charge in [-0.15, -0.1) is 0 Å². The first-order chi connectivity index (χ1) is 19.9. The van der Waals surface area contributed by atoms with Crippen LogP contribution in [0.15, 0.2) is 60.9 Å². The summed E-state index contributed by atoms with van der Waals surface area (Å²) in [6.07, 6.45) is -6.64. The molecule has 2 aromatic carbocycles. The molecule has 42 heavy (non-hydrogen) atoms. The summed E-state index contributed by atoms with van der Waals surface area (Å²) in [7, 11) is 0. The zero-order chi connectivity index (χ0) is 30.1. The van der Waals surface area contributed by atoms with E-state index in [0.29, 0.717) is 37.9 Å². The lowest BCUT2D eigenvalue weighted by Gasteiger charge is -2.27. The van der Waals surface area contributed by atoms with Gasteiger partial charge in [0.2, 0.25) is 5.95 Å². The minimum Gasteiger partial charge on any atom is -0.378 e. The number of nitrogens with one attached hydrogen (secondary N) is 2. The van der Waals surface area contributed by atoms with E-state index in [2.05, 4.69) is 20.3 Å². The molecule has 0 bridgehead atoms. The Kier molecular flexibility index (Phi) is 7.91. The molecule has 1 fully saturated rings. The van der Waals surface area contributed by atoms with Crippen LogP contribution in [0.1, 0.15) is 27.2 Å². The molecular formula is C28H22F7N5O2. The summed E-state index contributed by atoms with van der Waals surface area (Å²) < 4.78 is 99.0. The van der Waals surface area contributed by atoms with E-state index < -0.39 is 35.2 Å². The maximum absolute atomic E-state index is 14.3. The Balaban J connectivity index is 1.47. The first-order valence-electron chi connectivity index (χ1n) is 12.6. The molecule has 0 unspecified atom stereocenters. The largest absolute Gasteiger partial charge is 0.416 e.